The van der Waals surface area contributed by atoms with Crippen LogP contribution < -0.4 is 0 Å². The quantitative estimate of drug-likeness (QED) is 0.407. The standard InChI is InChI=1S/C13H18NO3/c1-2-3-4-5-6-13(15)11-7-9-12(10-8-11)14(16)17/h7-10,13H,2-6H2,1H3. The SMILES string of the molecule is CCCCCCC([O])c1ccc([N+](=O)[O-])cc1. The molecule has 0 aliphatic heterocycles. The highest BCUT2D eigenvalue weighted by molar-refractivity contribution is 5.33. The fourth-order valence-corrected chi connectivity index (χ4v) is 1.73. The van der Waals surface area contributed by atoms with Crippen LogP contribution in [0.5, 0.6) is 0 Å². The third-order valence-electron chi connectivity index (χ3n) is 2.80. The molecule has 0 heterocycles. The first-order valence-corrected chi connectivity index (χ1v) is 6.05. The minimum absolute atomic E-state index is 0.0342. The molecule has 0 amide bonds. The van der Waals surface area contributed by atoms with Gasteiger partial charge in [0.25, 0.3) is 5.69 Å². The first-order valence-electron chi connectivity index (χ1n) is 6.05. The summed E-state index contributed by atoms with van der Waals surface area (Å²) in [7, 11) is 0. The van der Waals surface area contributed by atoms with Crippen molar-refractivity contribution in [2.75, 3.05) is 0 Å². The topological polar surface area (TPSA) is 63.0 Å². The number of nitrogens with zero attached hydrogens (tertiary/aromatic N) is 1. The van der Waals surface area contributed by atoms with Gasteiger partial charge in [-0.3, -0.25) is 10.1 Å². The highest BCUT2D eigenvalue weighted by Gasteiger charge is 2.11. The molecule has 1 aromatic carbocycles. The molecule has 1 aromatic rings. The van der Waals surface area contributed by atoms with E-state index in [2.05, 4.69) is 6.92 Å². The summed E-state index contributed by atoms with van der Waals surface area (Å²) in [6, 6.07) is 5.92. The molecule has 0 spiro atoms. The number of non-ortho nitro benzene ring substituents is 1. The molecule has 17 heavy (non-hydrogen) atoms. The lowest BCUT2D eigenvalue weighted by Crippen LogP contribution is -1.96. The molecule has 1 radical (unpaired) electrons. The van der Waals surface area contributed by atoms with E-state index in [9.17, 15) is 15.2 Å². The van der Waals surface area contributed by atoms with Gasteiger partial charge in [-0.2, -0.15) is 0 Å². The molecule has 0 N–H and O–H groups in total. The van der Waals surface area contributed by atoms with Gasteiger partial charge < -0.3 is 0 Å². The maximum atomic E-state index is 11.8. The molecule has 0 aromatic heterocycles. The summed E-state index contributed by atoms with van der Waals surface area (Å²) in [6.45, 7) is 2.13. The smallest absolute Gasteiger partial charge is 0.258 e. The molecule has 4 nitrogen and oxygen atoms in total. The fraction of sp³-hybridized carbons (Fsp3) is 0.538. The monoisotopic (exact) mass is 236 g/mol. The molecule has 0 fully saturated rings. The van der Waals surface area contributed by atoms with Crippen molar-refractivity contribution < 1.29 is 10.0 Å². The van der Waals surface area contributed by atoms with Crippen LogP contribution in [0.2, 0.25) is 0 Å². The number of nitro benzene ring substituents is 1. The average Bonchev–Trinajstić information content (AvgIpc) is 2.34. The van der Waals surface area contributed by atoms with Crippen LogP contribution in [-0.4, -0.2) is 4.92 Å². The van der Waals surface area contributed by atoms with Crippen LogP contribution in [0, 0.1) is 10.1 Å². The summed E-state index contributed by atoms with van der Waals surface area (Å²) >= 11 is 0. The van der Waals surface area contributed by atoms with E-state index in [0.29, 0.717) is 12.0 Å². The van der Waals surface area contributed by atoms with Gasteiger partial charge in [0, 0.05) is 12.1 Å². The van der Waals surface area contributed by atoms with Gasteiger partial charge in [-0.05, 0) is 24.1 Å². The second kappa shape index (κ2) is 7.01. The van der Waals surface area contributed by atoms with Crippen molar-refractivity contribution in [2.24, 2.45) is 0 Å². The number of rotatable bonds is 7. The van der Waals surface area contributed by atoms with Crippen molar-refractivity contribution in [3.05, 3.63) is 39.9 Å². The molecular weight excluding hydrogens is 218 g/mol. The number of unbranched alkanes of at least 4 members (excludes halogenated alkanes) is 3. The molecule has 4 heteroatoms. The summed E-state index contributed by atoms with van der Waals surface area (Å²) in [4.78, 5) is 10.00. The summed E-state index contributed by atoms with van der Waals surface area (Å²) in [5.74, 6) is 0. The van der Waals surface area contributed by atoms with Gasteiger partial charge >= 0.3 is 0 Å². The summed E-state index contributed by atoms with van der Waals surface area (Å²) < 4.78 is 0. The highest BCUT2D eigenvalue weighted by atomic mass is 16.6. The molecule has 1 unspecified atom stereocenters. The molecule has 1 atom stereocenters. The molecular formula is C13H18NO3. The Balaban J connectivity index is 2.46. The minimum atomic E-state index is -0.757. The predicted octanol–water partition coefficient (Wildman–Crippen LogP) is 4.04. The number of nitro groups is 1. The van der Waals surface area contributed by atoms with Gasteiger partial charge in [-0.1, -0.05) is 32.6 Å². The zero-order valence-electron chi connectivity index (χ0n) is 10.1. The molecule has 0 saturated heterocycles. The van der Waals surface area contributed by atoms with Crippen LogP contribution in [0.3, 0.4) is 0 Å². The second-order valence-corrected chi connectivity index (χ2v) is 4.19. The van der Waals surface area contributed by atoms with Gasteiger partial charge in [0.2, 0.25) is 0 Å². The third kappa shape index (κ3) is 4.53. The molecule has 0 saturated carbocycles. The fourth-order valence-electron chi connectivity index (χ4n) is 1.73. The van der Waals surface area contributed by atoms with Crippen LogP contribution in [0.15, 0.2) is 24.3 Å². The van der Waals surface area contributed by atoms with Crippen LogP contribution in [0.25, 0.3) is 0 Å². The van der Waals surface area contributed by atoms with Crippen molar-refractivity contribution in [1.29, 1.82) is 0 Å². The molecule has 0 aliphatic rings. The van der Waals surface area contributed by atoms with Gasteiger partial charge in [-0.25, -0.2) is 5.11 Å². The van der Waals surface area contributed by atoms with Crippen molar-refractivity contribution in [3.63, 3.8) is 0 Å². The lowest BCUT2D eigenvalue weighted by Gasteiger charge is -2.07. The summed E-state index contributed by atoms with van der Waals surface area (Å²) in [5, 5.41) is 22.3. The summed E-state index contributed by atoms with van der Waals surface area (Å²) in [5.41, 5.74) is 0.680. The van der Waals surface area contributed by atoms with Gasteiger partial charge in [0.15, 0.2) is 0 Å². The van der Waals surface area contributed by atoms with Crippen LogP contribution in [-0.2, 0) is 5.11 Å². The Kier molecular flexibility index (Phi) is 5.63. The van der Waals surface area contributed by atoms with Gasteiger partial charge in [0.05, 0.1) is 4.92 Å². The molecule has 93 valence electrons. The van der Waals surface area contributed by atoms with Crippen molar-refractivity contribution in [3.8, 4) is 0 Å². The normalized spacial score (nSPS) is 12.4. The Bertz CT molecular complexity index is 348. The van der Waals surface area contributed by atoms with E-state index < -0.39 is 11.0 Å². The summed E-state index contributed by atoms with van der Waals surface area (Å²) in [6.07, 6.45) is 4.18. The lowest BCUT2D eigenvalue weighted by atomic mass is 10.0. The average molecular weight is 236 g/mol. The largest absolute Gasteiger partial charge is 0.269 e. The van der Waals surface area contributed by atoms with Crippen LogP contribution in [0.1, 0.15) is 50.7 Å². The van der Waals surface area contributed by atoms with Crippen LogP contribution >= 0.6 is 0 Å². The molecule has 0 bridgehead atoms. The van der Waals surface area contributed by atoms with E-state index in [4.69, 9.17) is 0 Å². The number of hydrogen-bond acceptors (Lipinski definition) is 2. The van der Waals surface area contributed by atoms with Crippen molar-refractivity contribution in [2.45, 2.75) is 45.1 Å². The second-order valence-electron chi connectivity index (χ2n) is 4.19. The Morgan fingerprint density at radius 3 is 2.35 bits per heavy atom. The van der Waals surface area contributed by atoms with Crippen LogP contribution in [0.4, 0.5) is 5.69 Å². The van der Waals surface area contributed by atoms with E-state index in [1.807, 2.05) is 0 Å². The third-order valence-corrected chi connectivity index (χ3v) is 2.80. The number of benzene rings is 1. The van der Waals surface area contributed by atoms with E-state index >= 15 is 0 Å². The Morgan fingerprint density at radius 2 is 1.82 bits per heavy atom. The van der Waals surface area contributed by atoms with E-state index in [-0.39, 0.29) is 5.69 Å². The predicted molar refractivity (Wildman–Crippen MR) is 65.3 cm³/mol. The Morgan fingerprint density at radius 1 is 1.18 bits per heavy atom. The zero-order chi connectivity index (χ0) is 12.7. The van der Waals surface area contributed by atoms with Gasteiger partial charge in [-0.15, -0.1) is 0 Å². The maximum absolute atomic E-state index is 11.8. The van der Waals surface area contributed by atoms with Crippen molar-refractivity contribution >= 4 is 5.69 Å². The lowest BCUT2D eigenvalue weighted by molar-refractivity contribution is -0.384. The van der Waals surface area contributed by atoms with Crippen molar-refractivity contribution in [1.82, 2.24) is 0 Å². The molecule has 1 rings (SSSR count). The van der Waals surface area contributed by atoms with Gasteiger partial charge in [0.1, 0.15) is 6.10 Å². The Hall–Kier alpha value is -1.42. The van der Waals surface area contributed by atoms with E-state index in [1.165, 1.54) is 12.1 Å². The van der Waals surface area contributed by atoms with E-state index in [0.717, 1.165) is 25.7 Å². The highest BCUT2D eigenvalue weighted by Crippen LogP contribution is 2.22. The minimum Gasteiger partial charge on any atom is -0.258 e. The van der Waals surface area contributed by atoms with E-state index in [1.54, 1.807) is 12.1 Å². The maximum Gasteiger partial charge on any atom is 0.269 e. The first-order chi connectivity index (χ1) is 8.15. The Labute approximate surface area is 101 Å². The number of hydrogen-bond donors (Lipinski definition) is 0. The molecule has 0 aliphatic carbocycles. The first kappa shape index (κ1) is 13.6. The zero-order valence-corrected chi connectivity index (χ0v) is 10.1.